The standard InChI is InChI=1S/C19H21F3N6O/c1-3-16-14(8-25-27-16)13-7-23-17(6-12(13)5-4-11(2)24-10-29)15-9-26-28-18(15)19(20,21)22/h3,6-11,17,23H,1,4-5H2,2H3,(H,24,29)(H,25,27)(H,26,28). The minimum Gasteiger partial charge on any atom is -0.380 e. The Kier molecular flexibility index (Phi) is 5.90. The average molecular weight is 406 g/mol. The Morgan fingerprint density at radius 1 is 1.41 bits per heavy atom. The summed E-state index contributed by atoms with van der Waals surface area (Å²) in [7, 11) is 0. The monoisotopic (exact) mass is 406 g/mol. The molecule has 3 rings (SSSR count). The van der Waals surface area contributed by atoms with Gasteiger partial charge in [0.15, 0.2) is 5.69 Å². The molecule has 0 bridgehead atoms. The third-order valence-electron chi connectivity index (χ3n) is 4.76. The lowest BCUT2D eigenvalue weighted by atomic mass is 9.89. The van der Waals surface area contributed by atoms with Crippen molar-refractivity contribution in [2.45, 2.75) is 38.0 Å². The molecule has 2 atom stereocenters. The van der Waals surface area contributed by atoms with E-state index >= 15 is 0 Å². The molecular weight excluding hydrogens is 385 g/mol. The van der Waals surface area contributed by atoms with Gasteiger partial charge in [-0.2, -0.15) is 23.4 Å². The van der Waals surface area contributed by atoms with Crippen molar-refractivity contribution in [2.24, 2.45) is 0 Å². The molecule has 0 aromatic carbocycles. The number of halogens is 3. The maximum Gasteiger partial charge on any atom is 0.435 e. The number of allylic oxidation sites excluding steroid dienone is 2. The molecule has 2 aromatic rings. The van der Waals surface area contributed by atoms with Gasteiger partial charge in [-0.15, -0.1) is 0 Å². The van der Waals surface area contributed by atoms with Gasteiger partial charge in [0.25, 0.3) is 0 Å². The van der Waals surface area contributed by atoms with Gasteiger partial charge in [0.05, 0.1) is 17.9 Å². The minimum absolute atomic E-state index is 0.0144. The van der Waals surface area contributed by atoms with Crippen LogP contribution in [0.25, 0.3) is 11.6 Å². The third kappa shape index (κ3) is 4.41. The van der Waals surface area contributed by atoms with Gasteiger partial charge in [-0.3, -0.25) is 15.0 Å². The first-order valence-electron chi connectivity index (χ1n) is 8.99. The van der Waals surface area contributed by atoms with Gasteiger partial charge >= 0.3 is 6.18 Å². The molecule has 7 nitrogen and oxygen atoms in total. The Bertz CT molecular complexity index is 940. The number of carbonyl (C=O) groups excluding carboxylic acids is 1. The highest BCUT2D eigenvalue weighted by Gasteiger charge is 2.38. The fraction of sp³-hybridized carbons (Fsp3) is 0.316. The quantitative estimate of drug-likeness (QED) is 0.506. The molecule has 0 saturated carbocycles. The highest BCUT2D eigenvalue weighted by molar-refractivity contribution is 5.83. The zero-order valence-electron chi connectivity index (χ0n) is 15.7. The Labute approximate surface area is 165 Å². The molecule has 0 fully saturated rings. The summed E-state index contributed by atoms with van der Waals surface area (Å²) in [6, 6.07) is -0.775. The second kappa shape index (κ2) is 8.38. The minimum atomic E-state index is -4.56. The average Bonchev–Trinajstić information content (AvgIpc) is 3.35. The number of amides is 1. The first-order valence-corrected chi connectivity index (χ1v) is 8.99. The molecule has 2 aromatic heterocycles. The van der Waals surface area contributed by atoms with Crippen LogP contribution in [0.3, 0.4) is 0 Å². The first-order chi connectivity index (χ1) is 13.8. The largest absolute Gasteiger partial charge is 0.435 e. The number of nitrogens with one attached hydrogen (secondary N) is 4. The molecule has 0 aliphatic carbocycles. The predicted molar refractivity (Wildman–Crippen MR) is 102 cm³/mol. The number of hydrogen-bond acceptors (Lipinski definition) is 4. The topological polar surface area (TPSA) is 98.5 Å². The Hall–Kier alpha value is -3.30. The van der Waals surface area contributed by atoms with E-state index in [4.69, 9.17) is 0 Å². The van der Waals surface area contributed by atoms with Crippen LogP contribution < -0.4 is 10.6 Å². The highest BCUT2D eigenvalue weighted by atomic mass is 19.4. The van der Waals surface area contributed by atoms with E-state index in [2.05, 4.69) is 37.6 Å². The maximum absolute atomic E-state index is 13.3. The van der Waals surface area contributed by atoms with Gasteiger partial charge in [0.1, 0.15) is 0 Å². The summed E-state index contributed by atoms with van der Waals surface area (Å²) in [5.74, 6) is 0. The zero-order valence-corrected chi connectivity index (χ0v) is 15.7. The van der Waals surface area contributed by atoms with Crippen LogP contribution >= 0.6 is 0 Å². The van der Waals surface area contributed by atoms with Crippen molar-refractivity contribution in [1.29, 1.82) is 0 Å². The molecule has 10 heteroatoms. The molecule has 1 aliphatic heterocycles. The number of carbonyl (C=O) groups is 1. The number of alkyl halides is 3. The van der Waals surface area contributed by atoms with Crippen LogP contribution in [0.2, 0.25) is 0 Å². The molecule has 0 saturated heterocycles. The van der Waals surface area contributed by atoms with Crippen LogP contribution in [0.5, 0.6) is 0 Å². The van der Waals surface area contributed by atoms with Crippen molar-refractivity contribution in [2.75, 3.05) is 0 Å². The molecule has 0 spiro atoms. The molecular formula is C19H21F3N6O. The van der Waals surface area contributed by atoms with Crippen LogP contribution in [-0.4, -0.2) is 32.8 Å². The molecule has 1 aliphatic rings. The highest BCUT2D eigenvalue weighted by Crippen LogP contribution is 2.38. The van der Waals surface area contributed by atoms with Gasteiger partial charge in [0, 0.05) is 35.1 Å². The lowest BCUT2D eigenvalue weighted by Crippen LogP contribution is -2.25. The van der Waals surface area contributed by atoms with E-state index in [1.165, 1.54) is 6.20 Å². The van der Waals surface area contributed by atoms with Crippen molar-refractivity contribution in [3.8, 4) is 0 Å². The van der Waals surface area contributed by atoms with E-state index in [-0.39, 0.29) is 11.6 Å². The molecule has 154 valence electrons. The van der Waals surface area contributed by atoms with Crippen LogP contribution in [0.15, 0.2) is 36.8 Å². The van der Waals surface area contributed by atoms with Crippen molar-refractivity contribution >= 4 is 18.1 Å². The van der Waals surface area contributed by atoms with Gasteiger partial charge in [0.2, 0.25) is 6.41 Å². The summed E-state index contributed by atoms with van der Waals surface area (Å²) in [6.07, 6.45) is 5.20. The SMILES string of the molecule is C=Cc1[nH]ncc1C1=CNC(c2c[nH]nc2C(F)(F)F)C=C1CCC(C)NC=O. The van der Waals surface area contributed by atoms with Crippen molar-refractivity contribution in [1.82, 2.24) is 31.0 Å². The Morgan fingerprint density at radius 2 is 2.21 bits per heavy atom. The summed E-state index contributed by atoms with van der Waals surface area (Å²) < 4.78 is 39.8. The number of hydrogen-bond donors (Lipinski definition) is 4. The van der Waals surface area contributed by atoms with Crippen LogP contribution in [0.4, 0.5) is 13.2 Å². The second-order valence-corrected chi connectivity index (χ2v) is 6.71. The van der Waals surface area contributed by atoms with Crippen LogP contribution in [-0.2, 0) is 11.0 Å². The molecule has 29 heavy (non-hydrogen) atoms. The Morgan fingerprint density at radius 3 is 2.90 bits per heavy atom. The van der Waals surface area contributed by atoms with E-state index < -0.39 is 17.9 Å². The summed E-state index contributed by atoms with van der Waals surface area (Å²) in [6.45, 7) is 5.61. The lowest BCUT2D eigenvalue weighted by Gasteiger charge is -2.25. The number of nitrogens with zero attached hydrogens (tertiary/aromatic N) is 2. The van der Waals surface area contributed by atoms with E-state index in [0.29, 0.717) is 24.9 Å². The predicted octanol–water partition coefficient (Wildman–Crippen LogP) is 3.32. The van der Waals surface area contributed by atoms with Gasteiger partial charge in [-0.25, -0.2) is 0 Å². The van der Waals surface area contributed by atoms with Crippen molar-refractivity contribution < 1.29 is 18.0 Å². The Balaban J connectivity index is 1.94. The normalized spacial score (nSPS) is 17.7. The summed E-state index contributed by atoms with van der Waals surface area (Å²) in [5, 5.41) is 18.2. The third-order valence-corrected chi connectivity index (χ3v) is 4.76. The fourth-order valence-electron chi connectivity index (χ4n) is 3.25. The van der Waals surface area contributed by atoms with E-state index in [1.807, 2.05) is 6.92 Å². The lowest BCUT2D eigenvalue weighted by molar-refractivity contribution is -0.141. The molecule has 0 radical (unpaired) electrons. The summed E-state index contributed by atoms with van der Waals surface area (Å²) in [5.41, 5.74) is 2.21. The van der Waals surface area contributed by atoms with E-state index in [1.54, 1.807) is 24.5 Å². The molecule has 2 unspecified atom stereocenters. The first kappa shape index (κ1) is 20.4. The smallest absolute Gasteiger partial charge is 0.380 e. The van der Waals surface area contributed by atoms with Gasteiger partial charge in [-0.1, -0.05) is 12.7 Å². The number of dihydropyridines is 1. The van der Waals surface area contributed by atoms with E-state index in [0.717, 1.165) is 16.7 Å². The van der Waals surface area contributed by atoms with Crippen LogP contribution in [0.1, 0.15) is 48.3 Å². The summed E-state index contributed by atoms with van der Waals surface area (Å²) in [4.78, 5) is 10.7. The van der Waals surface area contributed by atoms with Gasteiger partial charge in [-0.05, 0) is 31.4 Å². The zero-order chi connectivity index (χ0) is 21.0. The molecule has 4 N–H and O–H groups in total. The molecule has 1 amide bonds. The maximum atomic E-state index is 13.3. The fourth-order valence-corrected chi connectivity index (χ4v) is 3.25. The van der Waals surface area contributed by atoms with E-state index in [9.17, 15) is 18.0 Å². The van der Waals surface area contributed by atoms with Crippen LogP contribution in [0, 0.1) is 0 Å². The number of rotatable bonds is 8. The van der Waals surface area contributed by atoms with Crippen molar-refractivity contribution in [3.63, 3.8) is 0 Å². The number of H-pyrrole nitrogens is 2. The summed E-state index contributed by atoms with van der Waals surface area (Å²) >= 11 is 0. The second-order valence-electron chi connectivity index (χ2n) is 6.71. The van der Waals surface area contributed by atoms with Crippen molar-refractivity contribution in [3.05, 3.63) is 59.3 Å². The van der Waals surface area contributed by atoms with Gasteiger partial charge < -0.3 is 10.6 Å². The molecule has 3 heterocycles. The number of aromatic nitrogens is 4. The number of aromatic amines is 2.